The number of rotatable bonds is 3. The number of carbonyl (C=O) groups excluding carboxylic acids is 1. The lowest BCUT2D eigenvalue weighted by Gasteiger charge is -2.32. The number of pyridine rings is 1. The summed E-state index contributed by atoms with van der Waals surface area (Å²) >= 11 is 0. The zero-order chi connectivity index (χ0) is 14.7. The highest BCUT2D eigenvalue weighted by Gasteiger charge is 2.24. The highest BCUT2D eigenvalue weighted by molar-refractivity contribution is 5.92. The average Bonchev–Trinajstić information content (AvgIpc) is 2.56. The van der Waals surface area contributed by atoms with Gasteiger partial charge in [-0.05, 0) is 18.2 Å². The maximum absolute atomic E-state index is 11.1. The molecule has 2 N–H and O–H groups in total. The third-order valence-electron chi connectivity index (χ3n) is 3.30. The normalized spacial score (nSPS) is 18.5. The summed E-state index contributed by atoms with van der Waals surface area (Å²) in [6.45, 7) is 1.93. The number of carbonyl (C=O) groups is 1. The molecule has 2 aromatic rings. The minimum Gasteiger partial charge on any atom is -0.368 e. The van der Waals surface area contributed by atoms with E-state index in [9.17, 15) is 4.79 Å². The summed E-state index contributed by atoms with van der Waals surface area (Å²) < 4.78 is 5.74. The summed E-state index contributed by atoms with van der Waals surface area (Å²) in [5, 5.41) is 0. The molecule has 0 radical (unpaired) electrons. The van der Waals surface area contributed by atoms with Gasteiger partial charge in [0.2, 0.25) is 11.9 Å². The quantitative estimate of drug-likeness (QED) is 0.885. The van der Waals surface area contributed by atoms with E-state index in [2.05, 4.69) is 19.9 Å². The Bertz CT molecular complexity index is 617. The van der Waals surface area contributed by atoms with Crippen LogP contribution >= 0.6 is 0 Å². The Morgan fingerprint density at radius 2 is 2.10 bits per heavy atom. The lowest BCUT2D eigenvalue weighted by atomic mass is 10.1. The van der Waals surface area contributed by atoms with Crippen LogP contribution in [-0.4, -0.2) is 40.6 Å². The molecule has 0 aliphatic carbocycles. The predicted octanol–water partition coefficient (Wildman–Crippen LogP) is 0.548. The molecule has 1 aliphatic heterocycles. The highest BCUT2D eigenvalue weighted by atomic mass is 16.5. The van der Waals surface area contributed by atoms with Gasteiger partial charge in [0.05, 0.1) is 24.4 Å². The molecule has 3 rings (SSSR count). The van der Waals surface area contributed by atoms with Crippen LogP contribution in [0.5, 0.6) is 0 Å². The van der Waals surface area contributed by atoms with Crippen LogP contribution in [0.25, 0.3) is 0 Å². The van der Waals surface area contributed by atoms with E-state index in [1.165, 1.54) is 6.20 Å². The van der Waals surface area contributed by atoms with Crippen molar-refractivity contribution < 1.29 is 9.53 Å². The SMILES string of the molecule is NC(=O)c1ccc([C@@H]2CN(c3ncccn3)CCO2)nc1. The standard InChI is InChI=1S/C14H15N5O2/c15-13(20)10-2-3-11(18-8-10)12-9-19(6-7-21-12)14-16-4-1-5-17-14/h1-5,8,12H,6-7,9H2,(H2,15,20)/t12-/m0/s1. The Morgan fingerprint density at radius 1 is 1.29 bits per heavy atom. The van der Waals surface area contributed by atoms with E-state index in [0.29, 0.717) is 24.7 Å². The molecule has 1 saturated heterocycles. The molecular formula is C14H15N5O2. The summed E-state index contributed by atoms with van der Waals surface area (Å²) in [7, 11) is 0. The first-order chi connectivity index (χ1) is 10.2. The molecule has 1 aliphatic rings. The van der Waals surface area contributed by atoms with Crippen LogP contribution in [0.1, 0.15) is 22.2 Å². The zero-order valence-corrected chi connectivity index (χ0v) is 11.3. The van der Waals surface area contributed by atoms with Crippen molar-refractivity contribution in [1.29, 1.82) is 0 Å². The number of ether oxygens (including phenoxy) is 1. The Morgan fingerprint density at radius 3 is 2.76 bits per heavy atom. The van der Waals surface area contributed by atoms with Gasteiger partial charge in [-0.1, -0.05) is 0 Å². The van der Waals surface area contributed by atoms with E-state index in [0.717, 1.165) is 12.2 Å². The van der Waals surface area contributed by atoms with Gasteiger partial charge in [-0.25, -0.2) is 9.97 Å². The number of hydrogen-bond donors (Lipinski definition) is 1. The monoisotopic (exact) mass is 285 g/mol. The summed E-state index contributed by atoms with van der Waals surface area (Å²) in [5.41, 5.74) is 6.36. The van der Waals surface area contributed by atoms with Crippen molar-refractivity contribution in [1.82, 2.24) is 15.0 Å². The Hall–Kier alpha value is -2.54. The van der Waals surface area contributed by atoms with Crippen molar-refractivity contribution in [2.45, 2.75) is 6.10 Å². The maximum Gasteiger partial charge on any atom is 0.250 e. The van der Waals surface area contributed by atoms with Gasteiger partial charge in [-0.3, -0.25) is 9.78 Å². The maximum atomic E-state index is 11.1. The summed E-state index contributed by atoms with van der Waals surface area (Å²) in [5.74, 6) is 0.192. The van der Waals surface area contributed by atoms with Crippen molar-refractivity contribution in [3.63, 3.8) is 0 Å². The van der Waals surface area contributed by atoms with Crippen LogP contribution in [0.4, 0.5) is 5.95 Å². The van der Waals surface area contributed by atoms with E-state index in [1.807, 2.05) is 0 Å². The van der Waals surface area contributed by atoms with Gasteiger partial charge >= 0.3 is 0 Å². The van der Waals surface area contributed by atoms with E-state index in [4.69, 9.17) is 10.5 Å². The van der Waals surface area contributed by atoms with Gasteiger partial charge in [0, 0.05) is 25.1 Å². The van der Waals surface area contributed by atoms with E-state index in [1.54, 1.807) is 30.6 Å². The van der Waals surface area contributed by atoms with Crippen molar-refractivity contribution in [3.05, 3.63) is 48.0 Å². The fourth-order valence-electron chi connectivity index (χ4n) is 2.21. The molecule has 21 heavy (non-hydrogen) atoms. The molecule has 0 spiro atoms. The molecule has 0 unspecified atom stereocenters. The molecule has 7 nitrogen and oxygen atoms in total. The van der Waals surface area contributed by atoms with Crippen molar-refractivity contribution >= 4 is 11.9 Å². The zero-order valence-electron chi connectivity index (χ0n) is 11.3. The third kappa shape index (κ3) is 2.97. The molecule has 3 heterocycles. The first kappa shape index (κ1) is 13.4. The number of anilines is 1. The number of amides is 1. The van der Waals surface area contributed by atoms with E-state index in [-0.39, 0.29) is 6.10 Å². The van der Waals surface area contributed by atoms with E-state index >= 15 is 0 Å². The topological polar surface area (TPSA) is 94.2 Å². The molecule has 0 bridgehead atoms. The van der Waals surface area contributed by atoms with Gasteiger partial charge in [0.1, 0.15) is 6.10 Å². The molecule has 0 saturated carbocycles. The second-order valence-corrected chi connectivity index (χ2v) is 4.69. The van der Waals surface area contributed by atoms with Gasteiger partial charge in [-0.2, -0.15) is 0 Å². The second kappa shape index (κ2) is 5.84. The summed E-state index contributed by atoms with van der Waals surface area (Å²) in [6, 6.07) is 5.21. The van der Waals surface area contributed by atoms with Crippen molar-refractivity contribution in [2.24, 2.45) is 5.73 Å². The number of nitrogens with two attached hydrogens (primary N) is 1. The molecule has 1 amide bonds. The lowest BCUT2D eigenvalue weighted by Crippen LogP contribution is -2.39. The minimum absolute atomic E-state index is 0.176. The van der Waals surface area contributed by atoms with Crippen molar-refractivity contribution in [3.8, 4) is 0 Å². The van der Waals surface area contributed by atoms with Crippen LogP contribution in [-0.2, 0) is 4.74 Å². The fraction of sp³-hybridized carbons (Fsp3) is 0.286. The van der Waals surface area contributed by atoms with Crippen LogP contribution in [0.3, 0.4) is 0 Å². The third-order valence-corrected chi connectivity index (χ3v) is 3.30. The summed E-state index contributed by atoms with van der Waals surface area (Å²) in [6.07, 6.45) is 4.72. The predicted molar refractivity (Wildman–Crippen MR) is 75.7 cm³/mol. The fourth-order valence-corrected chi connectivity index (χ4v) is 2.21. The molecule has 0 aromatic carbocycles. The number of aromatic nitrogens is 3. The van der Waals surface area contributed by atoms with Crippen LogP contribution in [0.15, 0.2) is 36.8 Å². The smallest absolute Gasteiger partial charge is 0.250 e. The molecule has 108 valence electrons. The number of nitrogens with zero attached hydrogens (tertiary/aromatic N) is 4. The number of primary amides is 1. The van der Waals surface area contributed by atoms with Gasteiger partial charge < -0.3 is 15.4 Å². The van der Waals surface area contributed by atoms with E-state index < -0.39 is 5.91 Å². The Kier molecular flexibility index (Phi) is 3.74. The second-order valence-electron chi connectivity index (χ2n) is 4.69. The van der Waals surface area contributed by atoms with Crippen LogP contribution < -0.4 is 10.6 Å². The summed E-state index contributed by atoms with van der Waals surface area (Å²) in [4.78, 5) is 25.9. The minimum atomic E-state index is -0.488. The largest absolute Gasteiger partial charge is 0.368 e. The van der Waals surface area contributed by atoms with Crippen LogP contribution in [0.2, 0.25) is 0 Å². The first-order valence-corrected chi connectivity index (χ1v) is 6.63. The molecule has 2 aromatic heterocycles. The van der Waals surface area contributed by atoms with Gasteiger partial charge in [0.15, 0.2) is 0 Å². The molecule has 1 atom stereocenters. The van der Waals surface area contributed by atoms with Crippen molar-refractivity contribution in [2.75, 3.05) is 24.6 Å². The molecular weight excluding hydrogens is 270 g/mol. The Labute approximate surface area is 121 Å². The van der Waals surface area contributed by atoms with Gasteiger partial charge in [0.25, 0.3) is 0 Å². The highest BCUT2D eigenvalue weighted by Crippen LogP contribution is 2.22. The average molecular weight is 285 g/mol. The molecule has 1 fully saturated rings. The molecule has 7 heteroatoms. The first-order valence-electron chi connectivity index (χ1n) is 6.63. The number of morpholine rings is 1. The Balaban J connectivity index is 1.75. The number of hydrogen-bond acceptors (Lipinski definition) is 6. The van der Waals surface area contributed by atoms with Gasteiger partial charge in [-0.15, -0.1) is 0 Å². The lowest BCUT2D eigenvalue weighted by molar-refractivity contribution is 0.0364. The van der Waals surface area contributed by atoms with Crippen LogP contribution in [0, 0.1) is 0 Å².